The van der Waals surface area contributed by atoms with Crippen LogP contribution >= 0.6 is 0 Å². The minimum absolute atomic E-state index is 0.174. The maximum Gasteiger partial charge on any atom is 0.0806 e. The van der Waals surface area contributed by atoms with E-state index in [2.05, 4.69) is 12.2 Å². The molecular weight excluding hydrogens is 186 g/mol. The first-order chi connectivity index (χ1) is 7.35. The van der Waals surface area contributed by atoms with Crippen LogP contribution in [0.3, 0.4) is 0 Å². The molecule has 0 spiro atoms. The fraction of sp³-hybridized carbons (Fsp3) is 1.00. The minimum atomic E-state index is 0.174. The molecule has 0 bridgehead atoms. The highest BCUT2D eigenvalue weighted by molar-refractivity contribution is 4.90. The van der Waals surface area contributed by atoms with E-state index in [0.717, 1.165) is 19.2 Å². The average molecular weight is 211 g/mol. The molecule has 0 saturated heterocycles. The quantitative estimate of drug-likeness (QED) is 0.706. The van der Waals surface area contributed by atoms with Gasteiger partial charge in [0.2, 0.25) is 0 Å². The predicted octanol–water partition coefficient (Wildman–Crippen LogP) is 2.87. The van der Waals surface area contributed by atoms with Crippen LogP contribution in [0.25, 0.3) is 0 Å². The molecule has 0 aromatic rings. The number of nitrogens with one attached hydrogen (secondary N) is 1. The van der Waals surface area contributed by atoms with Crippen molar-refractivity contribution >= 4 is 0 Å². The summed E-state index contributed by atoms with van der Waals surface area (Å²) in [5, 5.41) is 3.65. The van der Waals surface area contributed by atoms with Crippen LogP contribution in [0.4, 0.5) is 0 Å². The highest BCUT2D eigenvalue weighted by atomic mass is 16.5. The largest absolute Gasteiger partial charge is 0.374 e. The molecule has 0 atom stereocenters. The van der Waals surface area contributed by atoms with Crippen LogP contribution in [-0.2, 0) is 4.74 Å². The Hall–Kier alpha value is -0.0800. The molecule has 2 aliphatic carbocycles. The van der Waals surface area contributed by atoms with Crippen molar-refractivity contribution in [1.29, 1.82) is 0 Å². The summed E-state index contributed by atoms with van der Waals surface area (Å²) >= 11 is 0. The Morgan fingerprint density at radius 3 is 2.33 bits per heavy atom. The van der Waals surface area contributed by atoms with Crippen LogP contribution in [0, 0.1) is 0 Å². The van der Waals surface area contributed by atoms with Gasteiger partial charge in [0.25, 0.3) is 0 Å². The minimum Gasteiger partial charge on any atom is -0.374 e. The first-order valence-corrected chi connectivity index (χ1v) is 6.72. The van der Waals surface area contributed by atoms with Crippen LogP contribution in [0.2, 0.25) is 0 Å². The Kier molecular flexibility index (Phi) is 4.04. The van der Waals surface area contributed by atoms with E-state index in [-0.39, 0.29) is 5.60 Å². The molecular formula is C13H25NO. The van der Waals surface area contributed by atoms with Gasteiger partial charge in [0.1, 0.15) is 0 Å². The van der Waals surface area contributed by atoms with Crippen LogP contribution in [0.15, 0.2) is 0 Å². The van der Waals surface area contributed by atoms with Crippen molar-refractivity contribution in [3.05, 3.63) is 0 Å². The summed E-state index contributed by atoms with van der Waals surface area (Å²) in [5.41, 5.74) is 0.174. The molecule has 0 heterocycles. The van der Waals surface area contributed by atoms with Crippen LogP contribution in [0.1, 0.15) is 58.3 Å². The fourth-order valence-corrected chi connectivity index (χ4v) is 2.67. The van der Waals surface area contributed by atoms with Gasteiger partial charge >= 0.3 is 0 Å². The highest BCUT2D eigenvalue weighted by Gasteiger charge is 2.33. The summed E-state index contributed by atoms with van der Waals surface area (Å²) in [4.78, 5) is 0. The maximum absolute atomic E-state index is 6.07. The molecule has 88 valence electrons. The molecule has 2 saturated carbocycles. The molecule has 0 aromatic heterocycles. The third-order valence-corrected chi connectivity index (χ3v) is 3.76. The summed E-state index contributed by atoms with van der Waals surface area (Å²) in [6, 6.07) is 0.811. The molecule has 0 aliphatic heterocycles. The van der Waals surface area contributed by atoms with Gasteiger partial charge in [-0.3, -0.25) is 0 Å². The van der Waals surface area contributed by atoms with Gasteiger partial charge in [0.05, 0.1) is 5.60 Å². The van der Waals surface area contributed by atoms with E-state index in [4.69, 9.17) is 4.74 Å². The van der Waals surface area contributed by atoms with Crippen LogP contribution < -0.4 is 5.32 Å². The van der Waals surface area contributed by atoms with Crippen molar-refractivity contribution in [2.24, 2.45) is 0 Å². The van der Waals surface area contributed by atoms with E-state index in [9.17, 15) is 0 Å². The van der Waals surface area contributed by atoms with Crippen molar-refractivity contribution in [2.45, 2.75) is 69.9 Å². The van der Waals surface area contributed by atoms with Gasteiger partial charge < -0.3 is 10.1 Å². The van der Waals surface area contributed by atoms with Gasteiger partial charge in [0, 0.05) is 19.2 Å². The van der Waals surface area contributed by atoms with Gasteiger partial charge in [-0.05, 0) is 32.6 Å². The lowest BCUT2D eigenvalue weighted by atomic mass is 9.94. The van der Waals surface area contributed by atoms with E-state index < -0.39 is 0 Å². The normalized spacial score (nSPS) is 26.2. The molecule has 2 fully saturated rings. The zero-order valence-electron chi connectivity index (χ0n) is 10.1. The monoisotopic (exact) mass is 211 g/mol. The Bertz CT molecular complexity index is 181. The Morgan fingerprint density at radius 1 is 1.13 bits per heavy atom. The van der Waals surface area contributed by atoms with Crippen molar-refractivity contribution < 1.29 is 4.74 Å². The smallest absolute Gasteiger partial charge is 0.0806 e. The van der Waals surface area contributed by atoms with Crippen LogP contribution in [0.5, 0.6) is 0 Å². The maximum atomic E-state index is 6.07. The van der Waals surface area contributed by atoms with Crippen molar-refractivity contribution in [3.8, 4) is 0 Å². The van der Waals surface area contributed by atoms with Gasteiger partial charge in [-0.15, -0.1) is 0 Å². The summed E-state index contributed by atoms with van der Waals surface area (Å²) in [5.74, 6) is 0. The van der Waals surface area contributed by atoms with Gasteiger partial charge in [-0.2, -0.15) is 0 Å². The third kappa shape index (κ3) is 3.46. The Balaban J connectivity index is 1.86. The molecule has 0 unspecified atom stereocenters. The second kappa shape index (κ2) is 5.31. The average Bonchev–Trinajstić information content (AvgIpc) is 3.03. The summed E-state index contributed by atoms with van der Waals surface area (Å²) < 4.78 is 6.07. The lowest BCUT2D eigenvalue weighted by Crippen LogP contribution is -2.43. The predicted molar refractivity (Wildman–Crippen MR) is 63.1 cm³/mol. The Labute approximate surface area is 93.8 Å². The molecule has 2 heteroatoms. The first-order valence-electron chi connectivity index (χ1n) is 6.72. The molecule has 1 N–H and O–H groups in total. The molecule has 15 heavy (non-hydrogen) atoms. The zero-order chi connectivity index (χ0) is 10.6. The fourth-order valence-electron chi connectivity index (χ4n) is 2.67. The zero-order valence-corrected chi connectivity index (χ0v) is 10.1. The van der Waals surface area contributed by atoms with Gasteiger partial charge in [-0.25, -0.2) is 0 Å². The van der Waals surface area contributed by atoms with Crippen molar-refractivity contribution in [3.63, 3.8) is 0 Å². The van der Waals surface area contributed by atoms with Gasteiger partial charge in [0.15, 0.2) is 0 Å². The Morgan fingerprint density at radius 2 is 1.80 bits per heavy atom. The van der Waals surface area contributed by atoms with E-state index in [1.165, 1.54) is 51.4 Å². The molecule has 0 radical (unpaired) electrons. The molecule has 0 aromatic carbocycles. The van der Waals surface area contributed by atoms with E-state index in [0.29, 0.717) is 0 Å². The lowest BCUT2D eigenvalue weighted by molar-refractivity contribution is -0.0490. The van der Waals surface area contributed by atoms with Crippen molar-refractivity contribution in [1.82, 2.24) is 5.32 Å². The second-order valence-corrected chi connectivity index (χ2v) is 5.19. The van der Waals surface area contributed by atoms with E-state index >= 15 is 0 Å². The third-order valence-electron chi connectivity index (χ3n) is 3.76. The lowest BCUT2D eigenvalue weighted by Gasteiger charge is -2.33. The van der Waals surface area contributed by atoms with Crippen molar-refractivity contribution in [2.75, 3.05) is 13.2 Å². The van der Waals surface area contributed by atoms with E-state index in [1.54, 1.807) is 0 Å². The number of ether oxygens (including phenoxy) is 1. The standard InChI is InChI=1S/C13H25NO/c1-2-15-13(11-14-12-7-8-12)9-5-3-4-6-10-13/h12,14H,2-11H2,1H3. The topological polar surface area (TPSA) is 21.3 Å². The van der Waals surface area contributed by atoms with E-state index in [1.807, 2.05) is 0 Å². The number of hydrogen-bond donors (Lipinski definition) is 1. The number of hydrogen-bond acceptors (Lipinski definition) is 2. The molecule has 2 nitrogen and oxygen atoms in total. The number of rotatable bonds is 5. The first kappa shape index (κ1) is 11.4. The van der Waals surface area contributed by atoms with Crippen LogP contribution in [-0.4, -0.2) is 24.8 Å². The SMILES string of the molecule is CCOC1(CNC2CC2)CCCCCC1. The summed E-state index contributed by atoms with van der Waals surface area (Å²) in [7, 11) is 0. The second-order valence-electron chi connectivity index (χ2n) is 5.19. The molecule has 2 aliphatic rings. The summed E-state index contributed by atoms with van der Waals surface area (Å²) in [6.07, 6.45) is 10.8. The summed E-state index contributed by atoms with van der Waals surface area (Å²) in [6.45, 7) is 4.08. The molecule has 0 amide bonds. The van der Waals surface area contributed by atoms with Gasteiger partial charge in [-0.1, -0.05) is 25.7 Å². The molecule has 2 rings (SSSR count). The highest BCUT2D eigenvalue weighted by Crippen LogP contribution is 2.31.